The Morgan fingerprint density at radius 2 is 2.10 bits per heavy atom. The Morgan fingerprint density at radius 1 is 1.33 bits per heavy atom. The van der Waals surface area contributed by atoms with Gasteiger partial charge in [-0.3, -0.25) is 9.88 Å². The maximum atomic E-state index is 6.40. The summed E-state index contributed by atoms with van der Waals surface area (Å²) < 4.78 is 0. The normalized spacial score (nSPS) is 20.0. The zero-order valence-electron chi connectivity index (χ0n) is 13.8. The summed E-state index contributed by atoms with van der Waals surface area (Å²) in [5, 5.41) is 0. The largest absolute Gasteiger partial charge is 0.326 e. The van der Waals surface area contributed by atoms with E-state index >= 15 is 0 Å². The highest BCUT2D eigenvalue weighted by atomic mass is 15.2. The first-order valence-corrected chi connectivity index (χ1v) is 8.03. The summed E-state index contributed by atoms with van der Waals surface area (Å²) in [6, 6.07) is 6.46. The van der Waals surface area contributed by atoms with E-state index in [9.17, 15) is 0 Å². The van der Waals surface area contributed by atoms with Crippen LogP contribution >= 0.6 is 0 Å². The van der Waals surface area contributed by atoms with Gasteiger partial charge in [-0.2, -0.15) is 0 Å². The lowest BCUT2D eigenvalue weighted by molar-refractivity contribution is 0.173. The summed E-state index contributed by atoms with van der Waals surface area (Å²) in [5.41, 5.74) is 9.33. The van der Waals surface area contributed by atoms with Crippen LogP contribution in [-0.4, -0.2) is 29.0 Å². The third-order valence-electron chi connectivity index (χ3n) is 4.47. The van der Waals surface area contributed by atoms with Gasteiger partial charge in [0.1, 0.15) is 0 Å². The average molecular weight is 287 g/mol. The van der Waals surface area contributed by atoms with Gasteiger partial charge in [-0.1, -0.05) is 45.4 Å². The summed E-state index contributed by atoms with van der Waals surface area (Å²) in [4.78, 5) is 7.03. The van der Waals surface area contributed by atoms with Crippen LogP contribution in [0.4, 0.5) is 0 Å². The Morgan fingerprint density at radius 3 is 2.57 bits per heavy atom. The van der Waals surface area contributed by atoms with E-state index < -0.39 is 0 Å². The summed E-state index contributed by atoms with van der Waals surface area (Å²) >= 11 is 0. The van der Waals surface area contributed by atoms with Crippen molar-refractivity contribution in [3.63, 3.8) is 0 Å². The third-order valence-corrected chi connectivity index (χ3v) is 4.47. The van der Waals surface area contributed by atoms with Crippen LogP contribution < -0.4 is 5.73 Å². The minimum Gasteiger partial charge on any atom is -0.326 e. The van der Waals surface area contributed by atoms with Crippen molar-refractivity contribution >= 4 is 0 Å². The molecule has 21 heavy (non-hydrogen) atoms. The Hall–Kier alpha value is -1.19. The Bertz CT molecular complexity index is 473. The molecule has 116 valence electrons. The van der Waals surface area contributed by atoms with Crippen LogP contribution in [-0.2, 0) is 0 Å². The zero-order chi connectivity index (χ0) is 15.5. The topological polar surface area (TPSA) is 42.1 Å². The van der Waals surface area contributed by atoms with E-state index in [1.807, 2.05) is 12.3 Å². The van der Waals surface area contributed by atoms with E-state index in [-0.39, 0.29) is 17.5 Å². The number of aromatic nitrogens is 1. The first-order chi connectivity index (χ1) is 9.93. The molecule has 0 fully saturated rings. The molecule has 0 saturated carbocycles. The predicted molar refractivity (Wildman–Crippen MR) is 89.0 cm³/mol. The Labute approximate surface area is 129 Å². The maximum absolute atomic E-state index is 6.40. The molecule has 1 aliphatic heterocycles. The van der Waals surface area contributed by atoms with Crippen LogP contribution in [0.25, 0.3) is 0 Å². The molecule has 3 nitrogen and oxygen atoms in total. The molecule has 2 unspecified atom stereocenters. The number of hydrogen-bond donors (Lipinski definition) is 1. The van der Waals surface area contributed by atoms with Crippen molar-refractivity contribution in [2.24, 2.45) is 11.1 Å². The Kier molecular flexibility index (Phi) is 5.17. The van der Waals surface area contributed by atoms with Gasteiger partial charge < -0.3 is 5.73 Å². The van der Waals surface area contributed by atoms with Gasteiger partial charge >= 0.3 is 0 Å². The Balaban J connectivity index is 2.19. The zero-order valence-corrected chi connectivity index (χ0v) is 13.8. The fourth-order valence-electron chi connectivity index (χ4n) is 3.07. The van der Waals surface area contributed by atoms with Crippen molar-refractivity contribution in [2.75, 3.05) is 13.1 Å². The van der Waals surface area contributed by atoms with Crippen molar-refractivity contribution in [3.8, 4) is 0 Å². The quantitative estimate of drug-likeness (QED) is 0.861. The van der Waals surface area contributed by atoms with Crippen LogP contribution in [0.5, 0.6) is 0 Å². The highest BCUT2D eigenvalue weighted by molar-refractivity contribution is 5.18. The van der Waals surface area contributed by atoms with Gasteiger partial charge in [-0.15, -0.1) is 0 Å². The molecule has 2 heterocycles. The lowest BCUT2D eigenvalue weighted by Crippen LogP contribution is -2.43. The molecule has 0 saturated heterocycles. The van der Waals surface area contributed by atoms with E-state index in [0.29, 0.717) is 0 Å². The van der Waals surface area contributed by atoms with Gasteiger partial charge in [0.15, 0.2) is 0 Å². The van der Waals surface area contributed by atoms with Gasteiger partial charge in [-0.05, 0) is 30.4 Å². The lowest BCUT2D eigenvalue weighted by atomic mass is 9.82. The molecule has 0 radical (unpaired) electrons. The fourth-order valence-corrected chi connectivity index (χ4v) is 3.07. The molecule has 0 aromatic carbocycles. The first kappa shape index (κ1) is 16.2. The summed E-state index contributed by atoms with van der Waals surface area (Å²) in [5.74, 6) is 0. The molecule has 0 spiro atoms. The van der Waals surface area contributed by atoms with E-state index in [1.165, 1.54) is 0 Å². The van der Waals surface area contributed by atoms with E-state index in [4.69, 9.17) is 5.73 Å². The summed E-state index contributed by atoms with van der Waals surface area (Å²) in [7, 11) is 0. The number of nitrogens with two attached hydrogens (primary N) is 1. The summed E-state index contributed by atoms with van der Waals surface area (Å²) in [6.45, 7) is 11.1. The standard InChI is InChI=1S/C18H29N3/c1-5-15(19)17(16-8-6-7-11-20-16)21-12-9-14(10-13-21)18(2,3)4/h6-9,11,15,17H,5,10,12-13,19H2,1-4H3. The molecule has 0 bridgehead atoms. The molecular weight excluding hydrogens is 258 g/mol. The first-order valence-electron chi connectivity index (χ1n) is 8.03. The van der Waals surface area contributed by atoms with Crippen LogP contribution in [0.3, 0.4) is 0 Å². The molecule has 1 aliphatic rings. The molecule has 0 amide bonds. The van der Waals surface area contributed by atoms with E-state index in [0.717, 1.165) is 31.6 Å². The van der Waals surface area contributed by atoms with Gasteiger partial charge in [0.2, 0.25) is 0 Å². The maximum Gasteiger partial charge on any atom is 0.0676 e. The van der Waals surface area contributed by atoms with Crippen molar-refractivity contribution in [3.05, 3.63) is 41.7 Å². The molecule has 2 atom stereocenters. The smallest absolute Gasteiger partial charge is 0.0676 e. The monoisotopic (exact) mass is 287 g/mol. The molecule has 0 aliphatic carbocycles. The van der Waals surface area contributed by atoms with Gasteiger partial charge in [-0.25, -0.2) is 0 Å². The number of rotatable bonds is 4. The molecule has 1 aromatic heterocycles. The average Bonchev–Trinajstić information content (AvgIpc) is 2.48. The van der Waals surface area contributed by atoms with Crippen LogP contribution in [0, 0.1) is 5.41 Å². The number of hydrogen-bond acceptors (Lipinski definition) is 3. The predicted octanol–water partition coefficient (Wildman–Crippen LogP) is 3.54. The highest BCUT2D eigenvalue weighted by Gasteiger charge is 2.29. The number of nitrogens with zero attached hydrogens (tertiary/aromatic N) is 2. The van der Waals surface area contributed by atoms with Gasteiger partial charge in [0, 0.05) is 25.3 Å². The van der Waals surface area contributed by atoms with Crippen molar-refractivity contribution in [2.45, 2.75) is 52.6 Å². The minimum atomic E-state index is 0.129. The van der Waals surface area contributed by atoms with Gasteiger partial charge in [0.05, 0.1) is 11.7 Å². The van der Waals surface area contributed by atoms with E-state index in [1.54, 1.807) is 5.57 Å². The molecule has 2 rings (SSSR count). The SMILES string of the molecule is CCC(N)C(c1ccccn1)N1CC=C(C(C)(C)C)CC1. The second kappa shape index (κ2) is 6.71. The second-order valence-corrected chi connectivity index (χ2v) is 7.00. The summed E-state index contributed by atoms with van der Waals surface area (Å²) in [6.07, 6.45) is 6.35. The molecule has 2 N–H and O–H groups in total. The van der Waals surface area contributed by atoms with Crippen LogP contribution in [0.2, 0.25) is 0 Å². The lowest BCUT2D eigenvalue weighted by Gasteiger charge is -2.38. The van der Waals surface area contributed by atoms with Crippen LogP contribution in [0.1, 0.15) is 52.3 Å². The minimum absolute atomic E-state index is 0.129. The molecule has 3 heteroatoms. The van der Waals surface area contributed by atoms with E-state index in [2.05, 4.69) is 55.8 Å². The van der Waals surface area contributed by atoms with Crippen molar-refractivity contribution < 1.29 is 0 Å². The second-order valence-electron chi connectivity index (χ2n) is 7.00. The van der Waals surface area contributed by atoms with Gasteiger partial charge in [0.25, 0.3) is 0 Å². The highest BCUT2D eigenvalue weighted by Crippen LogP contribution is 2.33. The van der Waals surface area contributed by atoms with Crippen molar-refractivity contribution in [1.29, 1.82) is 0 Å². The fraction of sp³-hybridized carbons (Fsp3) is 0.611. The third kappa shape index (κ3) is 3.92. The van der Waals surface area contributed by atoms with Crippen LogP contribution in [0.15, 0.2) is 36.0 Å². The number of pyridine rings is 1. The molecule has 1 aromatic rings. The molecular formula is C18H29N3. The van der Waals surface area contributed by atoms with Crippen molar-refractivity contribution in [1.82, 2.24) is 9.88 Å².